The molecule has 1 saturated heterocycles. The summed E-state index contributed by atoms with van der Waals surface area (Å²) < 4.78 is 0. The molecule has 0 aromatic heterocycles. The lowest BCUT2D eigenvalue weighted by Crippen LogP contribution is -2.55. The Balaban J connectivity index is 1.75. The third-order valence-electron chi connectivity index (χ3n) is 3.24. The number of hydrogen-bond donors (Lipinski definition) is 1. The van der Waals surface area contributed by atoms with Crippen molar-refractivity contribution in [3.8, 4) is 0 Å². The lowest BCUT2D eigenvalue weighted by Gasteiger charge is -2.33. The summed E-state index contributed by atoms with van der Waals surface area (Å²) in [5.74, 6) is 0.161. The monoisotopic (exact) mass is 239 g/mol. The van der Waals surface area contributed by atoms with Crippen molar-refractivity contribution in [2.75, 3.05) is 32.7 Å². The van der Waals surface area contributed by atoms with Gasteiger partial charge in [0.2, 0.25) is 11.8 Å². The molecule has 0 spiro atoms. The number of piperazine rings is 1. The van der Waals surface area contributed by atoms with Crippen LogP contribution in [0.5, 0.6) is 0 Å². The Morgan fingerprint density at radius 1 is 1.12 bits per heavy atom. The third-order valence-corrected chi connectivity index (χ3v) is 3.24. The summed E-state index contributed by atoms with van der Waals surface area (Å²) >= 11 is 0. The Labute approximate surface area is 102 Å². The van der Waals surface area contributed by atoms with Gasteiger partial charge in [0.25, 0.3) is 0 Å². The molecule has 0 unspecified atom stereocenters. The highest BCUT2D eigenvalue weighted by atomic mass is 16.2. The molecule has 2 amide bonds. The van der Waals surface area contributed by atoms with E-state index in [9.17, 15) is 9.59 Å². The molecule has 96 valence electrons. The van der Waals surface area contributed by atoms with Gasteiger partial charge < -0.3 is 15.1 Å². The first-order chi connectivity index (χ1) is 8.20. The summed E-state index contributed by atoms with van der Waals surface area (Å²) in [6.45, 7) is 4.68. The SMILES string of the molecule is CCCN1CC(=O)N(CCNC2CC2)CC1=O. The van der Waals surface area contributed by atoms with E-state index in [1.807, 2.05) is 6.92 Å². The highest BCUT2D eigenvalue weighted by Crippen LogP contribution is 2.18. The summed E-state index contributed by atoms with van der Waals surface area (Å²) in [7, 11) is 0. The fourth-order valence-corrected chi connectivity index (χ4v) is 2.07. The molecule has 1 aliphatic heterocycles. The maximum atomic E-state index is 11.8. The van der Waals surface area contributed by atoms with Crippen LogP contribution in [0.3, 0.4) is 0 Å². The summed E-state index contributed by atoms with van der Waals surface area (Å²) in [4.78, 5) is 26.9. The van der Waals surface area contributed by atoms with Crippen molar-refractivity contribution in [3.63, 3.8) is 0 Å². The van der Waals surface area contributed by atoms with Gasteiger partial charge in [0.15, 0.2) is 0 Å². The van der Waals surface area contributed by atoms with E-state index in [1.54, 1.807) is 9.80 Å². The van der Waals surface area contributed by atoms with Crippen molar-refractivity contribution in [2.24, 2.45) is 0 Å². The number of amides is 2. The lowest BCUT2D eigenvalue weighted by molar-refractivity contribution is -0.150. The number of nitrogens with zero attached hydrogens (tertiary/aromatic N) is 2. The molecule has 0 radical (unpaired) electrons. The van der Waals surface area contributed by atoms with Gasteiger partial charge in [-0.25, -0.2) is 0 Å². The van der Waals surface area contributed by atoms with Crippen molar-refractivity contribution >= 4 is 11.8 Å². The van der Waals surface area contributed by atoms with Crippen LogP contribution >= 0.6 is 0 Å². The number of carbonyl (C=O) groups excluding carboxylic acids is 2. The molecule has 2 fully saturated rings. The fourth-order valence-electron chi connectivity index (χ4n) is 2.07. The standard InChI is InChI=1S/C12H21N3O2/c1-2-6-14-8-12(17)15(9-11(14)16)7-5-13-10-3-4-10/h10,13H,2-9H2,1H3. The predicted molar refractivity (Wildman–Crippen MR) is 64.5 cm³/mol. The van der Waals surface area contributed by atoms with Crippen LogP contribution in [0.1, 0.15) is 26.2 Å². The Morgan fingerprint density at radius 2 is 1.71 bits per heavy atom. The van der Waals surface area contributed by atoms with Crippen LogP contribution in [-0.4, -0.2) is 60.4 Å². The first-order valence-corrected chi connectivity index (χ1v) is 6.49. The Hall–Kier alpha value is -1.10. The second kappa shape index (κ2) is 5.49. The van der Waals surface area contributed by atoms with Gasteiger partial charge in [-0.3, -0.25) is 9.59 Å². The van der Waals surface area contributed by atoms with Crippen molar-refractivity contribution in [1.82, 2.24) is 15.1 Å². The highest BCUT2D eigenvalue weighted by molar-refractivity contribution is 5.92. The van der Waals surface area contributed by atoms with Crippen molar-refractivity contribution < 1.29 is 9.59 Å². The maximum absolute atomic E-state index is 11.8. The highest BCUT2D eigenvalue weighted by Gasteiger charge is 2.29. The lowest BCUT2D eigenvalue weighted by atomic mass is 10.2. The second-order valence-corrected chi connectivity index (χ2v) is 4.86. The Bertz CT molecular complexity index is 302. The molecule has 0 atom stereocenters. The number of hydrogen-bond acceptors (Lipinski definition) is 3. The van der Waals surface area contributed by atoms with E-state index in [1.165, 1.54) is 12.8 Å². The first kappa shape index (κ1) is 12.4. The van der Waals surface area contributed by atoms with Crippen LogP contribution in [0.2, 0.25) is 0 Å². The van der Waals surface area contributed by atoms with Gasteiger partial charge in [0, 0.05) is 25.7 Å². The van der Waals surface area contributed by atoms with E-state index < -0.39 is 0 Å². The molecule has 0 bridgehead atoms. The number of carbonyl (C=O) groups is 2. The molecule has 2 rings (SSSR count). The first-order valence-electron chi connectivity index (χ1n) is 6.49. The fraction of sp³-hybridized carbons (Fsp3) is 0.833. The van der Waals surface area contributed by atoms with Gasteiger partial charge in [-0.15, -0.1) is 0 Å². The predicted octanol–water partition coefficient (Wildman–Crippen LogP) is -0.181. The molecule has 17 heavy (non-hydrogen) atoms. The Kier molecular flexibility index (Phi) is 3.99. The normalized spacial score (nSPS) is 21.2. The molecule has 1 aliphatic carbocycles. The maximum Gasteiger partial charge on any atom is 0.242 e. The molecule has 0 aromatic carbocycles. The van der Waals surface area contributed by atoms with E-state index in [4.69, 9.17) is 0 Å². The minimum atomic E-state index is 0.0793. The van der Waals surface area contributed by atoms with Crippen LogP contribution in [0.25, 0.3) is 0 Å². The average molecular weight is 239 g/mol. The molecular formula is C12H21N3O2. The molecule has 1 heterocycles. The zero-order chi connectivity index (χ0) is 12.3. The van der Waals surface area contributed by atoms with Crippen molar-refractivity contribution in [2.45, 2.75) is 32.2 Å². The summed E-state index contributed by atoms with van der Waals surface area (Å²) in [6.07, 6.45) is 3.40. The largest absolute Gasteiger partial charge is 0.332 e. The van der Waals surface area contributed by atoms with Gasteiger partial charge >= 0.3 is 0 Å². The number of nitrogens with one attached hydrogen (secondary N) is 1. The smallest absolute Gasteiger partial charge is 0.242 e. The third kappa shape index (κ3) is 3.43. The van der Waals surface area contributed by atoms with Crippen LogP contribution in [0.4, 0.5) is 0 Å². The number of rotatable bonds is 6. The van der Waals surface area contributed by atoms with Gasteiger partial charge in [-0.1, -0.05) is 6.92 Å². The molecule has 1 saturated carbocycles. The van der Waals surface area contributed by atoms with Crippen molar-refractivity contribution in [1.29, 1.82) is 0 Å². The van der Waals surface area contributed by atoms with Gasteiger partial charge in [-0.2, -0.15) is 0 Å². The Morgan fingerprint density at radius 3 is 2.24 bits per heavy atom. The quantitative estimate of drug-likeness (QED) is 0.699. The van der Waals surface area contributed by atoms with Gasteiger partial charge in [-0.05, 0) is 19.3 Å². The van der Waals surface area contributed by atoms with Crippen molar-refractivity contribution in [3.05, 3.63) is 0 Å². The summed E-state index contributed by atoms with van der Waals surface area (Å²) in [6, 6.07) is 0.655. The van der Waals surface area contributed by atoms with Crippen LogP contribution in [0.15, 0.2) is 0 Å². The average Bonchev–Trinajstić information content (AvgIpc) is 3.09. The summed E-state index contributed by atoms with van der Waals surface area (Å²) in [5.41, 5.74) is 0. The molecule has 5 nitrogen and oxygen atoms in total. The molecular weight excluding hydrogens is 218 g/mol. The minimum Gasteiger partial charge on any atom is -0.332 e. The summed E-state index contributed by atoms with van der Waals surface area (Å²) in [5, 5.41) is 3.36. The van der Waals surface area contributed by atoms with Gasteiger partial charge in [0.05, 0.1) is 13.1 Å². The molecule has 2 aliphatic rings. The zero-order valence-corrected chi connectivity index (χ0v) is 10.4. The van der Waals surface area contributed by atoms with E-state index in [2.05, 4.69) is 5.32 Å². The van der Waals surface area contributed by atoms with Crippen LogP contribution in [0, 0.1) is 0 Å². The van der Waals surface area contributed by atoms with Crippen LogP contribution < -0.4 is 5.32 Å². The van der Waals surface area contributed by atoms with E-state index in [-0.39, 0.29) is 24.9 Å². The molecule has 1 N–H and O–H groups in total. The second-order valence-electron chi connectivity index (χ2n) is 4.86. The molecule has 0 aromatic rings. The molecule has 5 heteroatoms. The van der Waals surface area contributed by atoms with E-state index in [0.29, 0.717) is 19.1 Å². The minimum absolute atomic E-state index is 0.0793. The van der Waals surface area contributed by atoms with E-state index in [0.717, 1.165) is 13.0 Å². The van der Waals surface area contributed by atoms with E-state index >= 15 is 0 Å². The van der Waals surface area contributed by atoms with Crippen LogP contribution in [-0.2, 0) is 9.59 Å². The topological polar surface area (TPSA) is 52.7 Å². The van der Waals surface area contributed by atoms with Gasteiger partial charge in [0.1, 0.15) is 0 Å². The zero-order valence-electron chi connectivity index (χ0n) is 10.4.